The van der Waals surface area contributed by atoms with Crippen LogP contribution in [-0.4, -0.2) is 19.9 Å². The molecule has 3 heterocycles. The Morgan fingerprint density at radius 2 is 1.40 bits per heavy atom. The molecule has 0 saturated heterocycles. The topological polar surface area (TPSA) is 75.6 Å². The van der Waals surface area contributed by atoms with Gasteiger partial charge in [-0.2, -0.15) is 0 Å². The molecule has 0 spiro atoms. The fourth-order valence-corrected chi connectivity index (χ4v) is 1.64. The van der Waals surface area contributed by atoms with Gasteiger partial charge in [-0.05, 0) is 24.3 Å². The van der Waals surface area contributed by atoms with E-state index in [1.54, 1.807) is 24.8 Å². The summed E-state index contributed by atoms with van der Waals surface area (Å²) in [5.74, 6) is 2.79. The van der Waals surface area contributed by atoms with Crippen LogP contribution in [0.15, 0.2) is 61.2 Å². The number of hydrogen-bond acceptors (Lipinski definition) is 6. The normalized spacial score (nSPS) is 10.0. The van der Waals surface area contributed by atoms with Gasteiger partial charge in [-0.25, -0.2) is 15.0 Å². The summed E-state index contributed by atoms with van der Waals surface area (Å²) in [5.41, 5.74) is 0. The van der Waals surface area contributed by atoms with Gasteiger partial charge in [0.15, 0.2) is 0 Å². The zero-order chi connectivity index (χ0) is 13.6. The number of pyridine rings is 2. The van der Waals surface area contributed by atoms with Crippen LogP contribution < -0.4 is 10.6 Å². The maximum atomic E-state index is 4.43. The third-order valence-corrected chi connectivity index (χ3v) is 2.49. The third-order valence-electron chi connectivity index (χ3n) is 2.49. The molecule has 98 valence electrons. The number of aromatic nitrogens is 4. The standard InChI is InChI=1S/C14H12N6/c1-2-7-16-11(4-1)18-12-5-3-6-13(19-12)20-14-10-15-8-9-17-14/h1-10H,(H2,16,17,18,19,20). The Bertz CT molecular complexity index is 615. The minimum absolute atomic E-state index is 0.648. The van der Waals surface area contributed by atoms with E-state index < -0.39 is 0 Å². The highest BCUT2D eigenvalue weighted by molar-refractivity contribution is 5.57. The second-order valence-electron chi connectivity index (χ2n) is 3.96. The summed E-state index contributed by atoms with van der Waals surface area (Å²) in [5, 5.41) is 6.22. The molecule has 0 bridgehead atoms. The van der Waals surface area contributed by atoms with Crippen LogP contribution in [0.25, 0.3) is 0 Å². The smallest absolute Gasteiger partial charge is 0.150 e. The van der Waals surface area contributed by atoms with Crippen molar-refractivity contribution in [3.8, 4) is 0 Å². The van der Waals surface area contributed by atoms with Gasteiger partial charge in [0, 0.05) is 18.6 Å². The summed E-state index contributed by atoms with van der Waals surface area (Å²) < 4.78 is 0. The lowest BCUT2D eigenvalue weighted by atomic mass is 10.4. The van der Waals surface area contributed by atoms with Crippen molar-refractivity contribution < 1.29 is 0 Å². The van der Waals surface area contributed by atoms with Crippen molar-refractivity contribution in [2.75, 3.05) is 10.6 Å². The molecule has 0 saturated carbocycles. The average molecular weight is 264 g/mol. The molecule has 0 aliphatic carbocycles. The van der Waals surface area contributed by atoms with E-state index in [1.807, 2.05) is 36.4 Å². The Kier molecular flexibility index (Phi) is 3.46. The van der Waals surface area contributed by atoms with Gasteiger partial charge in [0.2, 0.25) is 0 Å². The lowest BCUT2D eigenvalue weighted by Crippen LogP contribution is -2.00. The first-order valence-electron chi connectivity index (χ1n) is 6.08. The monoisotopic (exact) mass is 264 g/mol. The van der Waals surface area contributed by atoms with Gasteiger partial charge >= 0.3 is 0 Å². The number of nitrogens with one attached hydrogen (secondary N) is 2. The first kappa shape index (κ1) is 12.0. The Balaban J connectivity index is 1.76. The Hall–Kier alpha value is -3.02. The summed E-state index contributed by atoms with van der Waals surface area (Å²) >= 11 is 0. The van der Waals surface area contributed by atoms with E-state index in [-0.39, 0.29) is 0 Å². The molecule has 0 aliphatic heterocycles. The van der Waals surface area contributed by atoms with Gasteiger partial charge in [-0.15, -0.1) is 0 Å². The van der Waals surface area contributed by atoms with E-state index in [9.17, 15) is 0 Å². The van der Waals surface area contributed by atoms with Crippen molar-refractivity contribution in [2.45, 2.75) is 0 Å². The molecule has 3 aromatic rings. The van der Waals surface area contributed by atoms with E-state index in [2.05, 4.69) is 30.6 Å². The van der Waals surface area contributed by atoms with Gasteiger partial charge in [-0.3, -0.25) is 4.98 Å². The highest BCUT2D eigenvalue weighted by Crippen LogP contribution is 2.16. The zero-order valence-electron chi connectivity index (χ0n) is 10.6. The lowest BCUT2D eigenvalue weighted by Gasteiger charge is -2.07. The molecule has 0 aliphatic rings. The summed E-state index contributed by atoms with van der Waals surface area (Å²) in [7, 11) is 0. The molecule has 2 N–H and O–H groups in total. The number of rotatable bonds is 4. The molecule has 0 aromatic carbocycles. The molecule has 20 heavy (non-hydrogen) atoms. The van der Waals surface area contributed by atoms with Gasteiger partial charge in [0.1, 0.15) is 23.3 Å². The van der Waals surface area contributed by atoms with Gasteiger partial charge in [-0.1, -0.05) is 12.1 Å². The van der Waals surface area contributed by atoms with E-state index in [4.69, 9.17) is 0 Å². The van der Waals surface area contributed by atoms with Crippen LogP contribution in [0, 0.1) is 0 Å². The molecule has 0 radical (unpaired) electrons. The van der Waals surface area contributed by atoms with Crippen molar-refractivity contribution in [1.29, 1.82) is 0 Å². The average Bonchev–Trinajstić information content (AvgIpc) is 2.50. The van der Waals surface area contributed by atoms with Crippen molar-refractivity contribution in [1.82, 2.24) is 19.9 Å². The van der Waals surface area contributed by atoms with Crippen LogP contribution in [-0.2, 0) is 0 Å². The predicted octanol–water partition coefficient (Wildman–Crippen LogP) is 2.75. The van der Waals surface area contributed by atoms with Crippen LogP contribution >= 0.6 is 0 Å². The maximum absolute atomic E-state index is 4.43. The Morgan fingerprint density at radius 3 is 2.10 bits per heavy atom. The highest BCUT2D eigenvalue weighted by atomic mass is 15.1. The lowest BCUT2D eigenvalue weighted by molar-refractivity contribution is 1.18. The summed E-state index contributed by atoms with van der Waals surface area (Å²) in [6.45, 7) is 0. The van der Waals surface area contributed by atoms with Crippen molar-refractivity contribution in [3.63, 3.8) is 0 Å². The Morgan fingerprint density at radius 1 is 0.650 bits per heavy atom. The summed E-state index contributed by atoms with van der Waals surface area (Å²) in [6.07, 6.45) is 6.61. The van der Waals surface area contributed by atoms with Crippen molar-refractivity contribution >= 4 is 23.3 Å². The molecular weight excluding hydrogens is 252 g/mol. The van der Waals surface area contributed by atoms with Crippen molar-refractivity contribution in [2.24, 2.45) is 0 Å². The van der Waals surface area contributed by atoms with E-state index >= 15 is 0 Å². The SMILES string of the molecule is c1ccc(Nc2cccc(Nc3cnccn3)n2)nc1. The number of anilines is 4. The first-order chi connectivity index (χ1) is 9.90. The molecule has 0 fully saturated rings. The van der Waals surface area contributed by atoms with Crippen LogP contribution in [0.5, 0.6) is 0 Å². The van der Waals surface area contributed by atoms with E-state index in [0.717, 1.165) is 5.82 Å². The fraction of sp³-hybridized carbons (Fsp3) is 0. The van der Waals surface area contributed by atoms with E-state index in [0.29, 0.717) is 17.5 Å². The minimum Gasteiger partial charge on any atom is -0.325 e. The molecule has 6 nitrogen and oxygen atoms in total. The summed E-state index contributed by atoms with van der Waals surface area (Å²) in [4.78, 5) is 16.8. The predicted molar refractivity (Wildman–Crippen MR) is 77.1 cm³/mol. The molecule has 0 amide bonds. The molecule has 0 atom stereocenters. The minimum atomic E-state index is 0.648. The molecular formula is C14H12N6. The molecule has 0 unspecified atom stereocenters. The third kappa shape index (κ3) is 3.05. The first-order valence-corrected chi connectivity index (χ1v) is 6.08. The van der Waals surface area contributed by atoms with Gasteiger partial charge in [0.25, 0.3) is 0 Å². The van der Waals surface area contributed by atoms with Crippen LogP contribution in [0.1, 0.15) is 0 Å². The largest absolute Gasteiger partial charge is 0.325 e. The number of nitrogens with zero attached hydrogens (tertiary/aromatic N) is 4. The van der Waals surface area contributed by atoms with E-state index in [1.165, 1.54) is 0 Å². The van der Waals surface area contributed by atoms with Crippen LogP contribution in [0.2, 0.25) is 0 Å². The summed E-state index contributed by atoms with van der Waals surface area (Å²) in [6, 6.07) is 11.3. The van der Waals surface area contributed by atoms with Gasteiger partial charge in [0.05, 0.1) is 6.20 Å². The maximum Gasteiger partial charge on any atom is 0.150 e. The molecule has 6 heteroatoms. The van der Waals surface area contributed by atoms with Crippen LogP contribution in [0.4, 0.5) is 23.3 Å². The fourth-order valence-electron chi connectivity index (χ4n) is 1.64. The quantitative estimate of drug-likeness (QED) is 0.754. The second kappa shape index (κ2) is 5.75. The van der Waals surface area contributed by atoms with Gasteiger partial charge < -0.3 is 10.6 Å². The van der Waals surface area contributed by atoms with Crippen molar-refractivity contribution in [3.05, 3.63) is 61.2 Å². The molecule has 3 rings (SSSR count). The number of hydrogen-bond donors (Lipinski definition) is 2. The zero-order valence-corrected chi connectivity index (χ0v) is 10.6. The molecule has 3 aromatic heterocycles. The second-order valence-corrected chi connectivity index (χ2v) is 3.96. The Labute approximate surface area is 116 Å². The van der Waals surface area contributed by atoms with Crippen LogP contribution in [0.3, 0.4) is 0 Å². The highest BCUT2D eigenvalue weighted by Gasteiger charge is 2.00.